The number of aromatic nitrogens is 2. The smallest absolute Gasteiger partial charge is 0.256 e. The van der Waals surface area contributed by atoms with Crippen LogP contribution in [0.4, 0.5) is 0 Å². The van der Waals surface area contributed by atoms with Crippen LogP contribution in [-0.4, -0.2) is 22.8 Å². The maximum Gasteiger partial charge on any atom is 0.256 e. The van der Waals surface area contributed by atoms with E-state index < -0.39 is 0 Å². The molecule has 0 radical (unpaired) electrons. The zero-order chi connectivity index (χ0) is 21.0. The molecule has 3 aromatic rings. The molecule has 0 saturated heterocycles. The van der Waals surface area contributed by atoms with Crippen LogP contribution in [0.25, 0.3) is 0 Å². The van der Waals surface area contributed by atoms with Gasteiger partial charge in [0.1, 0.15) is 10.9 Å². The largest absolute Gasteiger partial charge is 0.497 e. The number of hydrogen-bond acceptors (Lipinski definition) is 3. The highest BCUT2D eigenvalue weighted by Crippen LogP contribution is 2.24. The third kappa shape index (κ3) is 4.80. The predicted molar refractivity (Wildman–Crippen MR) is 116 cm³/mol. The molecule has 3 rings (SSSR count). The number of ether oxygens (including phenoxy) is 1. The lowest BCUT2D eigenvalue weighted by atomic mass is 10.0. The van der Waals surface area contributed by atoms with Crippen molar-refractivity contribution >= 4 is 17.5 Å². The SMILES string of the molecule is CCC(NC(=O)c1c(C)nn(Cc2ccc(C)cc2)c1Cl)c1ccc(OC)cc1. The zero-order valence-electron chi connectivity index (χ0n) is 17.2. The van der Waals surface area contributed by atoms with E-state index in [-0.39, 0.29) is 11.9 Å². The average molecular weight is 412 g/mol. The topological polar surface area (TPSA) is 56.2 Å². The van der Waals surface area contributed by atoms with Gasteiger partial charge in [0.2, 0.25) is 0 Å². The number of methoxy groups -OCH3 is 1. The fourth-order valence-corrected chi connectivity index (χ4v) is 3.59. The van der Waals surface area contributed by atoms with E-state index >= 15 is 0 Å². The highest BCUT2D eigenvalue weighted by molar-refractivity contribution is 6.33. The van der Waals surface area contributed by atoms with Crippen molar-refractivity contribution in [3.8, 4) is 5.75 Å². The summed E-state index contributed by atoms with van der Waals surface area (Å²) in [5.41, 5.74) is 4.33. The molecule has 2 aromatic carbocycles. The maximum absolute atomic E-state index is 13.0. The van der Waals surface area contributed by atoms with Gasteiger partial charge in [0.15, 0.2) is 0 Å². The second-order valence-corrected chi connectivity index (χ2v) is 7.46. The summed E-state index contributed by atoms with van der Waals surface area (Å²) in [6.45, 7) is 6.40. The Balaban J connectivity index is 1.79. The van der Waals surface area contributed by atoms with Crippen molar-refractivity contribution in [2.24, 2.45) is 0 Å². The molecule has 0 fully saturated rings. The summed E-state index contributed by atoms with van der Waals surface area (Å²) >= 11 is 6.54. The number of nitrogens with zero attached hydrogens (tertiary/aromatic N) is 2. The molecule has 0 bridgehead atoms. The van der Waals surface area contributed by atoms with Gasteiger partial charge in [0.25, 0.3) is 5.91 Å². The van der Waals surface area contributed by atoms with E-state index in [1.165, 1.54) is 5.56 Å². The molecular formula is C23H26ClN3O2. The predicted octanol–water partition coefficient (Wildman–Crippen LogP) is 5.09. The van der Waals surface area contributed by atoms with Crippen molar-refractivity contribution in [3.05, 3.63) is 81.6 Å². The Morgan fingerprint density at radius 3 is 2.38 bits per heavy atom. The Hall–Kier alpha value is -2.79. The number of carbonyl (C=O) groups excluding carboxylic acids is 1. The van der Waals surface area contributed by atoms with Gasteiger partial charge in [-0.2, -0.15) is 5.10 Å². The van der Waals surface area contributed by atoms with Crippen molar-refractivity contribution in [1.29, 1.82) is 0 Å². The van der Waals surface area contributed by atoms with Crippen LogP contribution in [0, 0.1) is 13.8 Å². The van der Waals surface area contributed by atoms with Crippen molar-refractivity contribution in [1.82, 2.24) is 15.1 Å². The lowest BCUT2D eigenvalue weighted by Gasteiger charge is -2.18. The molecule has 1 atom stereocenters. The number of benzene rings is 2. The molecule has 5 nitrogen and oxygen atoms in total. The Morgan fingerprint density at radius 2 is 1.79 bits per heavy atom. The Kier molecular flexibility index (Phi) is 6.60. The molecule has 0 aliphatic carbocycles. The number of carbonyl (C=O) groups is 1. The molecule has 1 heterocycles. The molecular weight excluding hydrogens is 386 g/mol. The summed E-state index contributed by atoms with van der Waals surface area (Å²) in [5.74, 6) is 0.566. The molecule has 29 heavy (non-hydrogen) atoms. The van der Waals surface area contributed by atoms with Crippen LogP contribution in [0.3, 0.4) is 0 Å². The summed E-state index contributed by atoms with van der Waals surface area (Å²) in [6.07, 6.45) is 0.756. The van der Waals surface area contributed by atoms with Crippen LogP contribution >= 0.6 is 11.6 Å². The molecule has 152 valence electrons. The summed E-state index contributed by atoms with van der Waals surface area (Å²) in [6, 6.07) is 15.8. The van der Waals surface area contributed by atoms with Crippen molar-refractivity contribution in [2.45, 2.75) is 39.8 Å². The first-order valence-electron chi connectivity index (χ1n) is 9.66. The van der Waals surface area contributed by atoms with Gasteiger partial charge in [0, 0.05) is 0 Å². The lowest BCUT2D eigenvalue weighted by Crippen LogP contribution is -2.28. The van der Waals surface area contributed by atoms with E-state index in [9.17, 15) is 4.79 Å². The fraction of sp³-hybridized carbons (Fsp3) is 0.304. The summed E-state index contributed by atoms with van der Waals surface area (Å²) in [5, 5.41) is 7.92. The lowest BCUT2D eigenvalue weighted by molar-refractivity contribution is 0.0935. The standard InChI is InChI=1S/C23H26ClN3O2/c1-5-20(18-10-12-19(29-4)13-11-18)25-23(28)21-16(3)26-27(22(21)24)14-17-8-6-15(2)7-9-17/h6-13,20H,5,14H2,1-4H3,(H,25,28). The van der Waals surface area contributed by atoms with Crippen molar-refractivity contribution < 1.29 is 9.53 Å². The highest BCUT2D eigenvalue weighted by Gasteiger charge is 2.23. The first kappa shape index (κ1) is 20.9. The molecule has 0 aliphatic heterocycles. The van der Waals surface area contributed by atoms with Gasteiger partial charge in [-0.15, -0.1) is 0 Å². The van der Waals surface area contributed by atoms with Gasteiger partial charge < -0.3 is 10.1 Å². The summed E-state index contributed by atoms with van der Waals surface area (Å²) < 4.78 is 6.88. The van der Waals surface area contributed by atoms with Crippen LogP contribution in [0.15, 0.2) is 48.5 Å². The summed E-state index contributed by atoms with van der Waals surface area (Å²) in [4.78, 5) is 13.0. The quantitative estimate of drug-likeness (QED) is 0.589. The van der Waals surface area contributed by atoms with Gasteiger partial charge in [-0.05, 0) is 43.5 Å². The molecule has 1 N–H and O–H groups in total. The second-order valence-electron chi connectivity index (χ2n) is 7.10. The zero-order valence-corrected chi connectivity index (χ0v) is 18.0. The van der Waals surface area contributed by atoms with E-state index in [2.05, 4.69) is 10.4 Å². The Bertz CT molecular complexity index is 979. The van der Waals surface area contributed by atoms with E-state index in [4.69, 9.17) is 16.3 Å². The van der Waals surface area contributed by atoms with E-state index in [0.29, 0.717) is 23.0 Å². The van der Waals surface area contributed by atoms with Crippen molar-refractivity contribution in [3.63, 3.8) is 0 Å². The molecule has 6 heteroatoms. The van der Waals surface area contributed by atoms with Gasteiger partial charge in [-0.1, -0.05) is 60.5 Å². The molecule has 1 unspecified atom stereocenters. The van der Waals surface area contributed by atoms with Gasteiger partial charge in [-0.25, -0.2) is 4.68 Å². The number of aryl methyl sites for hydroxylation is 2. The molecule has 1 amide bonds. The first-order valence-corrected chi connectivity index (χ1v) is 10.0. The average Bonchev–Trinajstić information content (AvgIpc) is 3.01. The number of halogens is 1. The molecule has 0 aliphatic rings. The van der Waals surface area contributed by atoms with Crippen LogP contribution in [0.1, 0.15) is 52.1 Å². The maximum atomic E-state index is 13.0. The van der Waals surface area contributed by atoms with E-state index in [1.54, 1.807) is 18.7 Å². The van der Waals surface area contributed by atoms with Gasteiger partial charge in [-0.3, -0.25) is 4.79 Å². The number of amides is 1. The van der Waals surface area contributed by atoms with E-state index in [0.717, 1.165) is 23.3 Å². The minimum atomic E-state index is -0.217. The number of hydrogen-bond donors (Lipinski definition) is 1. The minimum Gasteiger partial charge on any atom is -0.497 e. The normalized spacial score (nSPS) is 11.9. The Morgan fingerprint density at radius 1 is 1.14 bits per heavy atom. The molecule has 0 spiro atoms. The van der Waals surface area contributed by atoms with Crippen LogP contribution in [-0.2, 0) is 6.54 Å². The van der Waals surface area contributed by atoms with Crippen LogP contribution < -0.4 is 10.1 Å². The van der Waals surface area contributed by atoms with Crippen molar-refractivity contribution in [2.75, 3.05) is 7.11 Å². The third-order valence-corrected chi connectivity index (χ3v) is 5.36. The molecule has 0 saturated carbocycles. The fourth-order valence-electron chi connectivity index (χ4n) is 3.27. The third-order valence-electron chi connectivity index (χ3n) is 4.98. The first-order chi connectivity index (χ1) is 13.9. The Labute approximate surface area is 176 Å². The number of rotatable bonds is 7. The second kappa shape index (κ2) is 9.14. The molecule has 1 aromatic heterocycles. The van der Waals surface area contributed by atoms with E-state index in [1.807, 2.05) is 62.4 Å². The number of nitrogens with one attached hydrogen (secondary N) is 1. The van der Waals surface area contributed by atoms with Crippen LogP contribution in [0.5, 0.6) is 5.75 Å². The van der Waals surface area contributed by atoms with Crippen LogP contribution in [0.2, 0.25) is 5.15 Å². The minimum absolute atomic E-state index is 0.121. The van der Waals surface area contributed by atoms with Gasteiger partial charge >= 0.3 is 0 Å². The van der Waals surface area contributed by atoms with Gasteiger partial charge in [0.05, 0.1) is 31.0 Å². The summed E-state index contributed by atoms with van der Waals surface area (Å²) in [7, 11) is 1.63. The monoisotopic (exact) mass is 411 g/mol. The highest BCUT2D eigenvalue weighted by atomic mass is 35.5.